The first-order valence-corrected chi connectivity index (χ1v) is 9.07. The first-order chi connectivity index (χ1) is 10.4. The highest BCUT2D eigenvalue weighted by Gasteiger charge is 2.35. The monoisotopic (exact) mass is 330 g/mol. The highest BCUT2D eigenvalue weighted by Crippen LogP contribution is 2.32. The summed E-state index contributed by atoms with van der Waals surface area (Å²) in [4.78, 5) is 14.8. The van der Waals surface area contributed by atoms with Crippen LogP contribution in [0.5, 0.6) is 0 Å². The van der Waals surface area contributed by atoms with E-state index < -0.39 is 16.0 Å². The van der Waals surface area contributed by atoms with Gasteiger partial charge in [0, 0.05) is 19.0 Å². The average molecular weight is 330 g/mol. The second-order valence-electron chi connectivity index (χ2n) is 5.53. The average Bonchev–Trinajstić information content (AvgIpc) is 2.98. The molecule has 22 heavy (non-hydrogen) atoms. The molecule has 8 heteroatoms. The molecule has 1 saturated heterocycles. The van der Waals surface area contributed by atoms with Crippen molar-refractivity contribution in [3.8, 4) is 0 Å². The van der Waals surface area contributed by atoms with E-state index >= 15 is 0 Å². The van der Waals surface area contributed by atoms with E-state index in [1.807, 2.05) is 13.8 Å². The number of hydrogen-bond acceptors (Lipinski definition) is 5. The standard InChI is InChI=1S/C14H22N2O5S/c1-3-11(4-2)22(19,20)16-7-5-10(6-8-16)13-12(14(17)18)15-9-21-13/h9-11H,3-8H2,1-2H3,(H,17,18). The van der Waals surface area contributed by atoms with Gasteiger partial charge in [0.25, 0.3) is 0 Å². The number of aromatic carboxylic acids is 1. The summed E-state index contributed by atoms with van der Waals surface area (Å²) in [7, 11) is -3.27. The van der Waals surface area contributed by atoms with Crippen molar-refractivity contribution in [3.05, 3.63) is 17.8 Å². The maximum atomic E-state index is 12.5. The molecular formula is C14H22N2O5S. The van der Waals surface area contributed by atoms with Gasteiger partial charge in [-0.25, -0.2) is 22.5 Å². The van der Waals surface area contributed by atoms with Crippen LogP contribution in [0.4, 0.5) is 0 Å². The van der Waals surface area contributed by atoms with Crippen LogP contribution in [0.3, 0.4) is 0 Å². The summed E-state index contributed by atoms with van der Waals surface area (Å²) in [6.45, 7) is 4.55. The third-order valence-corrected chi connectivity index (χ3v) is 6.91. The molecule has 7 nitrogen and oxygen atoms in total. The van der Waals surface area contributed by atoms with E-state index in [4.69, 9.17) is 9.52 Å². The van der Waals surface area contributed by atoms with Crippen molar-refractivity contribution in [2.45, 2.75) is 50.7 Å². The predicted molar refractivity (Wildman–Crippen MR) is 80.3 cm³/mol. The van der Waals surface area contributed by atoms with Gasteiger partial charge in [-0.1, -0.05) is 13.8 Å². The van der Waals surface area contributed by atoms with Crippen LogP contribution in [0.15, 0.2) is 10.8 Å². The Morgan fingerprint density at radius 2 is 2.00 bits per heavy atom. The molecule has 0 radical (unpaired) electrons. The number of hydrogen-bond donors (Lipinski definition) is 1. The van der Waals surface area contributed by atoms with Crippen LogP contribution < -0.4 is 0 Å². The molecular weight excluding hydrogens is 308 g/mol. The Morgan fingerprint density at radius 3 is 2.50 bits per heavy atom. The van der Waals surface area contributed by atoms with Crippen molar-refractivity contribution in [1.82, 2.24) is 9.29 Å². The normalized spacial score (nSPS) is 18.0. The van der Waals surface area contributed by atoms with Crippen molar-refractivity contribution in [3.63, 3.8) is 0 Å². The minimum absolute atomic E-state index is 0.0682. The summed E-state index contributed by atoms with van der Waals surface area (Å²) in [5, 5.41) is 8.73. The van der Waals surface area contributed by atoms with Crippen molar-refractivity contribution in [2.75, 3.05) is 13.1 Å². The Morgan fingerprint density at radius 1 is 1.41 bits per heavy atom. The van der Waals surface area contributed by atoms with E-state index in [1.165, 1.54) is 4.31 Å². The van der Waals surface area contributed by atoms with E-state index in [9.17, 15) is 13.2 Å². The molecule has 1 fully saturated rings. The Labute approximate surface area is 130 Å². The van der Waals surface area contributed by atoms with Crippen LogP contribution >= 0.6 is 0 Å². The van der Waals surface area contributed by atoms with Gasteiger partial charge in [-0.05, 0) is 25.7 Å². The molecule has 0 atom stereocenters. The van der Waals surface area contributed by atoms with Gasteiger partial charge in [0.2, 0.25) is 10.0 Å². The Kier molecular flexibility index (Phi) is 5.23. The zero-order valence-corrected chi connectivity index (χ0v) is 13.7. The second-order valence-corrected chi connectivity index (χ2v) is 7.74. The minimum atomic E-state index is -3.27. The van der Waals surface area contributed by atoms with E-state index in [2.05, 4.69) is 4.98 Å². The fraction of sp³-hybridized carbons (Fsp3) is 0.714. The summed E-state index contributed by atoms with van der Waals surface area (Å²) in [6, 6.07) is 0. The molecule has 1 aromatic rings. The van der Waals surface area contributed by atoms with Crippen molar-refractivity contribution in [2.24, 2.45) is 0 Å². The zero-order chi connectivity index (χ0) is 16.3. The lowest BCUT2D eigenvalue weighted by Gasteiger charge is -2.32. The van der Waals surface area contributed by atoms with Gasteiger partial charge in [0.1, 0.15) is 5.76 Å². The van der Waals surface area contributed by atoms with Gasteiger partial charge in [-0.15, -0.1) is 0 Å². The molecule has 1 N–H and O–H groups in total. The Balaban J connectivity index is 2.07. The number of oxazole rings is 1. The van der Waals surface area contributed by atoms with Crippen LogP contribution in [-0.2, 0) is 10.0 Å². The first kappa shape index (κ1) is 17.0. The largest absolute Gasteiger partial charge is 0.476 e. The summed E-state index contributed by atoms with van der Waals surface area (Å²) < 4.78 is 31.8. The smallest absolute Gasteiger partial charge is 0.358 e. The van der Waals surface area contributed by atoms with Gasteiger partial charge >= 0.3 is 5.97 Å². The number of rotatable bonds is 6. The summed E-state index contributed by atoms with van der Waals surface area (Å²) in [5.74, 6) is -0.857. The van der Waals surface area contributed by atoms with E-state index in [0.29, 0.717) is 44.5 Å². The molecule has 0 spiro atoms. The van der Waals surface area contributed by atoms with Gasteiger partial charge in [-0.2, -0.15) is 0 Å². The van der Waals surface area contributed by atoms with Gasteiger partial charge < -0.3 is 9.52 Å². The third kappa shape index (κ3) is 3.17. The molecule has 1 aliphatic heterocycles. The summed E-state index contributed by atoms with van der Waals surface area (Å²) >= 11 is 0. The van der Waals surface area contributed by atoms with Crippen molar-refractivity contribution in [1.29, 1.82) is 0 Å². The number of aromatic nitrogens is 1. The zero-order valence-electron chi connectivity index (χ0n) is 12.9. The summed E-state index contributed by atoms with van der Waals surface area (Å²) in [6.07, 6.45) is 3.43. The van der Waals surface area contributed by atoms with Gasteiger partial charge in [-0.3, -0.25) is 0 Å². The molecule has 124 valence electrons. The number of carboxylic acids is 1. The van der Waals surface area contributed by atoms with Gasteiger partial charge in [0.05, 0.1) is 5.25 Å². The Hall–Kier alpha value is -1.41. The molecule has 0 amide bonds. The minimum Gasteiger partial charge on any atom is -0.476 e. The van der Waals surface area contributed by atoms with Crippen molar-refractivity contribution < 1.29 is 22.7 Å². The fourth-order valence-electron chi connectivity index (χ4n) is 3.00. The van der Waals surface area contributed by atoms with Crippen LogP contribution in [-0.4, -0.2) is 47.1 Å². The number of carbonyl (C=O) groups is 1. The van der Waals surface area contributed by atoms with Crippen LogP contribution in [0.25, 0.3) is 0 Å². The topological polar surface area (TPSA) is 101 Å². The molecule has 0 saturated carbocycles. The van der Waals surface area contributed by atoms with E-state index in [0.717, 1.165) is 6.39 Å². The number of sulfonamides is 1. The molecule has 1 aromatic heterocycles. The lowest BCUT2D eigenvalue weighted by atomic mass is 9.94. The van der Waals surface area contributed by atoms with E-state index in [1.54, 1.807) is 0 Å². The molecule has 0 aliphatic carbocycles. The second kappa shape index (κ2) is 6.78. The van der Waals surface area contributed by atoms with Crippen LogP contribution in [0.1, 0.15) is 61.7 Å². The maximum absolute atomic E-state index is 12.5. The van der Waals surface area contributed by atoms with Crippen LogP contribution in [0, 0.1) is 0 Å². The highest BCUT2D eigenvalue weighted by atomic mass is 32.2. The first-order valence-electron chi connectivity index (χ1n) is 7.57. The number of nitrogens with zero attached hydrogens (tertiary/aromatic N) is 2. The molecule has 2 heterocycles. The number of carboxylic acid groups (broad SMARTS) is 1. The summed E-state index contributed by atoms with van der Waals surface area (Å²) in [5.41, 5.74) is -0.0682. The Bertz CT molecular complexity index is 613. The predicted octanol–water partition coefficient (Wildman–Crippen LogP) is 2.07. The quantitative estimate of drug-likeness (QED) is 0.857. The van der Waals surface area contributed by atoms with Gasteiger partial charge in [0.15, 0.2) is 12.1 Å². The third-order valence-electron chi connectivity index (χ3n) is 4.31. The number of piperidine rings is 1. The molecule has 0 aromatic carbocycles. The molecule has 0 unspecified atom stereocenters. The maximum Gasteiger partial charge on any atom is 0.358 e. The van der Waals surface area contributed by atoms with Crippen LogP contribution in [0.2, 0.25) is 0 Å². The lowest BCUT2D eigenvalue weighted by molar-refractivity contribution is 0.0687. The fourth-order valence-corrected chi connectivity index (χ4v) is 4.98. The lowest BCUT2D eigenvalue weighted by Crippen LogP contribution is -2.42. The molecule has 2 rings (SSSR count). The van der Waals surface area contributed by atoms with Crippen molar-refractivity contribution >= 4 is 16.0 Å². The highest BCUT2D eigenvalue weighted by molar-refractivity contribution is 7.89. The molecule has 0 bridgehead atoms. The molecule has 1 aliphatic rings. The van der Waals surface area contributed by atoms with E-state index in [-0.39, 0.29) is 16.9 Å². The SMILES string of the molecule is CCC(CC)S(=O)(=O)N1CCC(c2ocnc2C(=O)O)CC1.